The second-order valence-electron chi connectivity index (χ2n) is 5.93. The average Bonchev–Trinajstić information content (AvgIpc) is 2.60. The fraction of sp³-hybridized carbons (Fsp3) is 0.368. The van der Waals surface area contributed by atoms with Gasteiger partial charge >= 0.3 is 0 Å². The summed E-state index contributed by atoms with van der Waals surface area (Å²) in [6, 6.07) is 12.5. The zero-order valence-electron chi connectivity index (χ0n) is 15.0. The smallest absolute Gasteiger partial charge is 0.191 e. The first-order valence-electron chi connectivity index (χ1n) is 8.44. The highest BCUT2D eigenvalue weighted by molar-refractivity contribution is 5.79. The van der Waals surface area contributed by atoms with Crippen LogP contribution in [0.4, 0.5) is 4.39 Å². The van der Waals surface area contributed by atoms with E-state index in [0.29, 0.717) is 13.1 Å². The minimum atomic E-state index is -0.222. The number of pyridine rings is 1. The fourth-order valence-electron chi connectivity index (χ4n) is 2.50. The van der Waals surface area contributed by atoms with Gasteiger partial charge in [-0.1, -0.05) is 18.2 Å². The molecule has 25 heavy (non-hydrogen) atoms. The van der Waals surface area contributed by atoms with E-state index in [9.17, 15) is 4.39 Å². The second-order valence-corrected chi connectivity index (χ2v) is 5.93. The number of nitrogens with one attached hydrogen (secondary N) is 2. The van der Waals surface area contributed by atoms with Gasteiger partial charge in [0.2, 0.25) is 0 Å². The van der Waals surface area contributed by atoms with Gasteiger partial charge in [0.05, 0.1) is 18.3 Å². The summed E-state index contributed by atoms with van der Waals surface area (Å²) in [5.74, 6) is 0.497. The Morgan fingerprint density at radius 2 is 2.04 bits per heavy atom. The number of hydrogen-bond acceptors (Lipinski definition) is 3. The van der Waals surface area contributed by atoms with Crippen LogP contribution in [0, 0.1) is 5.82 Å². The molecule has 134 valence electrons. The summed E-state index contributed by atoms with van der Waals surface area (Å²) in [5, 5.41) is 6.57. The molecule has 0 radical (unpaired) electrons. The molecule has 0 aliphatic rings. The third-order valence-electron chi connectivity index (χ3n) is 3.79. The minimum Gasteiger partial charge on any atom is -0.357 e. The number of nitrogens with zero attached hydrogens (tertiary/aromatic N) is 3. The summed E-state index contributed by atoms with van der Waals surface area (Å²) < 4.78 is 13.5. The summed E-state index contributed by atoms with van der Waals surface area (Å²) in [6.45, 7) is 3.90. The molecule has 1 aromatic carbocycles. The van der Waals surface area contributed by atoms with Crippen LogP contribution in [-0.4, -0.2) is 43.0 Å². The van der Waals surface area contributed by atoms with Crippen molar-refractivity contribution in [3.63, 3.8) is 0 Å². The van der Waals surface area contributed by atoms with Gasteiger partial charge < -0.3 is 15.5 Å². The van der Waals surface area contributed by atoms with E-state index in [1.54, 1.807) is 18.3 Å². The lowest BCUT2D eigenvalue weighted by molar-refractivity contribution is 0.297. The van der Waals surface area contributed by atoms with Crippen molar-refractivity contribution in [1.29, 1.82) is 0 Å². The summed E-state index contributed by atoms with van der Waals surface area (Å²) >= 11 is 0. The number of benzene rings is 1. The molecule has 1 aromatic heterocycles. The van der Waals surface area contributed by atoms with Crippen LogP contribution in [0.25, 0.3) is 0 Å². The maximum atomic E-state index is 13.5. The van der Waals surface area contributed by atoms with Crippen molar-refractivity contribution in [3.05, 3.63) is 65.7 Å². The van der Waals surface area contributed by atoms with E-state index in [1.165, 1.54) is 6.07 Å². The van der Waals surface area contributed by atoms with Gasteiger partial charge in [0.1, 0.15) is 5.82 Å². The minimum absolute atomic E-state index is 0.0365. The molecule has 6 heteroatoms. The van der Waals surface area contributed by atoms with Crippen molar-refractivity contribution in [3.8, 4) is 0 Å². The standard InChI is InChI=1S/C19H26FN5/c1-4-21-19(23-13-17-10-5-6-11-22-17)24-14-18(25(2)3)15-8-7-9-16(20)12-15/h5-12,18H,4,13-14H2,1-3H3,(H2,21,23,24). The molecule has 0 fully saturated rings. The number of guanidine groups is 1. The summed E-state index contributed by atoms with van der Waals surface area (Å²) in [4.78, 5) is 10.9. The summed E-state index contributed by atoms with van der Waals surface area (Å²) in [5.41, 5.74) is 1.84. The normalized spacial score (nSPS) is 12.9. The molecule has 1 unspecified atom stereocenters. The van der Waals surface area contributed by atoms with Crippen LogP contribution in [0.5, 0.6) is 0 Å². The van der Waals surface area contributed by atoms with Crippen LogP contribution in [0.2, 0.25) is 0 Å². The van der Waals surface area contributed by atoms with Crippen LogP contribution in [0.1, 0.15) is 24.2 Å². The van der Waals surface area contributed by atoms with Gasteiger partial charge in [-0.15, -0.1) is 0 Å². The van der Waals surface area contributed by atoms with Crippen molar-refractivity contribution in [2.24, 2.45) is 4.99 Å². The highest BCUT2D eigenvalue weighted by atomic mass is 19.1. The van der Waals surface area contributed by atoms with Gasteiger partial charge in [-0.25, -0.2) is 9.38 Å². The topological polar surface area (TPSA) is 52.6 Å². The molecule has 5 nitrogen and oxygen atoms in total. The van der Waals surface area contributed by atoms with Crippen LogP contribution < -0.4 is 10.6 Å². The van der Waals surface area contributed by atoms with E-state index in [1.807, 2.05) is 45.3 Å². The first-order valence-corrected chi connectivity index (χ1v) is 8.44. The predicted octanol–water partition coefficient (Wildman–Crippen LogP) is 2.58. The van der Waals surface area contributed by atoms with Crippen LogP contribution >= 0.6 is 0 Å². The van der Waals surface area contributed by atoms with E-state index in [4.69, 9.17) is 0 Å². The third kappa shape index (κ3) is 6.15. The fourth-order valence-corrected chi connectivity index (χ4v) is 2.50. The molecular formula is C19H26FN5. The zero-order valence-corrected chi connectivity index (χ0v) is 15.0. The number of aliphatic imine (C=N–C) groups is 1. The van der Waals surface area contributed by atoms with Crippen LogP contribution in [0.3, 0.4) is 0 Å². The Bertz CT molecular complexity index is 673. The molecule has 0 aliphatic carbocycles. The average molecular weight is 343 g/mol. The quantitative estimate of drug-likeness (QED) is 0.599. The largest absolute Gasteiger partial charge is 0.357 e. The predicted molar refractivity (Wildman–Crippen MR) is 99.9 cm³/mol. The van der Waals surface area contributed by atoms with Gasteiger partial charge in [-0.2, -0.15) is 0 Å². The second kappa shape index (κ2) is 9.74. The van der Waals surface area contributed by atoms with Crippen LogP contribution in [0.15, 0.2) is 53.7 Å². The molecule has 1 atom stereocenters. The Kier molecular flexibility index (Phi) is 7.35. The van der Waals surface area contributed by atoms with Gasteiger partial charge in [-0.05, 0) is 50.8 Å². The highest BCUT2D eigenvalue weighted by Crippen LogP contribution is 2.18. The molecule has 0 amide bonds. The van der Waals surface area contributed by atoms with E-state index >= 15 is 0 Å². The third-order valence-corrected chi connectivity index (χ3v) is 3.79. The lowest BCUT2D eigenvalue weighted by atomic mass is 10.1. The summed E-state index contributed by atoms with van der Waals surface area (Å²) in [7, 11) is 3.96. The molecule has 0 saturated carbocycles. The Balaban J connectivity index is 2.04. The van der Waals surface area contributed by atoms with Gasteiger partial charge in [0.25, 0.3) is 0 Å². The van der Waals surface area contributed by atoms with E-state index in [-0.39, 0.29) is 11.9 Å². The number of rotatable bonds is 7. The molecule has 2 N–H and O–H groups in total. The van der Waals surface area contributed by atoms with Crippen molar-refractivity contribution >= 4 is 5.96 Å². The monoisotopic (exact) mass is 343 g/mol. The van der Waals surface area contributed by atoms with Crippen molar-refractivity contribution in [2.75, 3.05) is 27.2 Å². The molecule has 0 saturated heterocycles. The Morgan fingerprint density at radius 1 is 1.20 bits per heavy atom. The molecule has 0 spiro atoms. The van der Waals surface area contributed by atoms with Gasteiger partial charge in [-0.3, -0.25) is 4.98 Å². The van der Waals surface area contributed by atoms with Crippen molar-refractivity contribution in [2.45, 2.75) is 19.5 Å². The molecule has 1 heterocycles. The SMILES string of the molecule is CCNC(=NCc1ccccn1)NCC(c1cccc(F)c1)N(C)C. The number of likely N-dealkylation sites (N-methyl/N-ethyl adjacent to an activating group) is 1. The first-order chi connectivity index (χ1) is 12.1. The maximum absolute atomic E-state index is 13.5. The number of aromatic nitrogens is 1. The van der Waals surface area contributed by atoms with Crippen molar-refractivity contribution < 1.29 is 4.39 Å². The lowest BCUT2D eigenvalue weighted by Crippen LogP contribution is -2.41. The molecule has 0 aliphatic heterocycles. The van der Waals surface area contributed by atoms with Crippen molar-refractivity contribution in [1.82, 2.24) is 20.5 Å². The number of hydrogen-bond donors (Lipinski definition) is 2. The lowest BCUT2D eigenvalue weighted by Gasteiger charge is -2.26. The molecule has 0 bridgehead atoms. The van der Waals surface area contributed by atoms with Gasteiger partial charge in [0.15, 0.2) is 5.96 Å². The molecule has 2 aromatic rings. The van der Waals surface area contributed by atoms with E-state index in [2.05, 4.69) is 25.5 Å². The highest BCUT2D eigenvalue weighted by Gasteiger charge is 2.15. The number of halogens is 1. The van der Waals surface area contributed by atoms with E-state index in [0.717, 1.165) is 23.8 Å². The van der Waals surface area contributed by atoms with Gasteiger partial charge in [0, 0.05) is 19.3 Å². The first kappa shape index (κ1) is 18.9. The Labute approximate surface area is 149 Å². The van der Waals surface area contributed by atoms with E-state index < -0.39 is 0 Å². The van der Waals surface area contributed by atoms with Crippen LogP contribution in [-0.2, 0) is 6.54 Å². The Morgan fingerprint density at radius 3 is 2.68 bits per heavy atom. The summed E-state index contributed by atoms with van der Waals surface area (Å²) in [6.07, 6.45) is 1.76. The zero-order chi connectivity index (χ0) is 18.1. The molecular weight excluding hydrogens is 317 g/mol. The molecule has 2 rings (SSSR count). The Hall–Kier alpha value is -2.47. The maximum Gasteiger partial charge on any atom is 0.191 e.